The summed E-state index contributed by atoms with van der Waals surface area (Å²) in [5.41, 5.74) is 4.83. The second-order valence-corrected chi connectivity index (χ2v) is 10.2. The molecule has 1 aliphatic rings. The molecule has 4 rings (SSSR count). The van der Waals surface area contributed by atoms with Crippen molar-refractivity contribution < 1.29 is 14.3 Å². The van der Waals surface area contributed by atoms with E-state index in [1.54, 1.807) is 0 Å². The second kappa shape index (κ2) is 10.9. The average Bonchev–Trinajstić information content (AvgIpc) is 3.13. The molecule has 0 radical (unpaired) electrons. The SMILES string of the molecule is CCc1cc(C)[nH]c(=O)c1CNC(=O)c1c(C)n(C(C)C2CCOCC2)c2cc(OC(C)C)ccc12. The smallest absolute Gasteiger partial charge is 0.254 e. The highest BCUT2D eigenvalue weighted by Crippen LogP contribution is 2.37. The zero-order chi connectivity index (χ0) is 26.0. The largest absolute Gasteiger partial charge is 0.491 e. The molecular weight excluding hydrogens is 454 g/mol. The van der Waals surface area contributed by atoms with Gasteiger partial charge < -0.3 is 24.3 Å². The number of amides is 1. The van der Waals surface area contributed by atoms with Crippen molar-refractivity contribution in [2.24, 2.45) is 5.92 Å². The van der Waals surface area contributed by atoms with Crippen molar-refractivity contribution in [3.05, 3.63) is 62.7 Å². The molecule has 7 heteroatoms. The van der Waals surface area contributed by atoms with E-state index in [9.17, 15) is 9.59 Å². The first kappa shape index (κ1) is 26.0. The fourth-order valence-corrected chi connectivity index (χ4v) is 5.54. The molecule has 0 saturated carbocycles. The number of benzene rings is 1. The summed E-state index contributed by atoms with van der Waals surface area (Å²) >= 11 is 0. The van der Waals surface area contributed by atoms with Crippen molar-refractivity contribution in [1.29, 1.82) is 0 Å². The van der Waals surface area contributed by atoms with Crippen molar-refractivity contribution in [2.45, 2.75) is 79.5 Å². The number of aryl methyl sites for hydroxylation is 2. The van der Waals surface area contributed by atoms with Crippen molar-refractivity contribution in [3.8, 4) is 5.75 Å². The summed E-state index contributed by atoms with van der Waals surface area (Å²) in [6.07, 6.45) is 2.79. The van der Waals surface area contributed by atoms with Gasteiger partial charge in [-0.1, -0.05) is 6.92 Å². The Kier molecular flexibility index (Phi) is 7.88. The molecule has 3 aromatic rings. The third kappa shape index (κ3) is 5.21. The minimum atomic E-state index is -0.171. The number of nitrogens with one attached hydrogen (secondary N) is 2. The van der Waals surface area contributed by atoms with Gasteiger partial charge in [-0.15, -0.1) is 0 Å². The Bertz CT molecular complexity index is 1300. The Labute approximate surface area is 213 Å². The Hall–Kier alpha value is -3.06. The summed E-state index contributed by atoms with van der Waals surface area (Å²) in [7, 11) is 0. The average molecular weight is 494 g/mol. The van der Waals surface area contributed by atoms with Gasteiger partial charge in [0.25, 0.3) is 11.5 Å². The zero-order valence-electron chi connectivity index (χ0n) is 22.4. The van der Waals surface area contributed by atoms with Gasteiger partial charge in [-0.05, 0) is 83.6 Å². The highest BCUT2D eigenvalue weighted by molar-refractivity contribution is 6.08. The molecule has 2 N–H and O–H groups in total. The molecule has 1 unspecified atom stereocenters. The lowest BCUT2D eigenvalue weighted by Gasteiger charge is -2.30. The van der Waals surface area contributed by atoms with Crippen molar-refractivity contribution in [2.75, 3.05) is 13.2 Å². The zero-order valence-corrected chi connectivity index (χ0v) is 22.4. The van der Waals surface area contributed by atoms with E-state index in [2.05, 4.69) is 27.9 Å². The van der Waals surface area contributed by atoms with Gasteiger partial charge in [-0.3, -0.25) is 9.59 Å². The van der Waals surface area contributed by atoms with E-state index in [1.165, 1.54) is 0 Å². The van der Waals surface area contributed by atoms with Gasteiger partial charge >= 0.3 is 0 Å². The molecule has 1 fully saturated rings. The van der Waals surface area contributed by atoms with Gasteiger partial charge in [-0.25, -0.2) is 0 Å². The summed E-state index contributed by atoms with van der Waals surface area (Å²) in [6.45, 7) is 13.9. The summed E-state index contributed by atoms with van der Waals surface area (Å²) < 4.78 is 13.9. The van der Waals surface area contributed by atoms with Gasteiger partial charge in [0.05, 0.1) is 17.2 Å². The first-order chi connectivity index (χ1) is 17.2. The molecule has 0 spiro atoms. The number of aromatic amines is 1. The van der Waals surface area contributed by atoms with Crippen LogP contribution >= 0.6 is 0 Å². The minimum absolute atomic E-state index is 0.0583. The van der Waals surface area contributed by atoms with Crippen LogP contribution in [0.25, 0.3) is 10.9 Å². The third-order valence-corrected chi connectivity index (χ3v) is 7.35. The summed E-state index contributed by atoms with van der Waals surface area (Å²) in [5, 5.41) is 3.94. The lowest BCUT2D eigenvalue weighted by molar-refractivity contribution is 0.0516. The lowest BCUT2D eigenvalue weighted by atomic mass is 9.92. The number of carbonyl (C=O) groups is 1. The molecule has 3 heterocycles. The van der Waals surface area contributed by atoms with E-state index < -0.39 is 0 Å². The van der Waals surface area contributed by atoms with Crippen LogP contribution in [0.2, 0.25) is 0 Å². The predicted octanol–water partition coefficient (Wildman–Crippen LogP) is 5.21. The summed E-state index contributed by atoms with van der Waals surface area (Å²) in [5.74, 6) is 1.09. The molecule has 0 aliphatic carbocycles. The molecule has 1 aromatic carbocycles. The number of hydrogen-bond acceptors (Lipinski definition) is 4. The van der Waals surface area contributed by atoms with Gasteiger partial charge in [0.2, 0.25) is 0 Å². The Balaban J connectivity index is 1.73. The Morgan fingerprint density at radius 2 is 1.92 bits per heavy atom. The molecule has 194 valence electrons. The first-order valence-corrected chi connectivity index (χ1v) is 13.1. The summed E-state index contributed by atoms with van der Waals surface area (Å²) in [4.78, 5) is 29.1. The standard InChI is InChI=1S/C29H39N3O4/c1-7-21-14-18(4)31-28(33)25(21)16-30-29(34)27-20(6)32(19(5)22-10-12-35-13-11-22)26-15-23(36-17(2)3)8-9-24(26)27/h8-9,14-15,17,19,22H,7,10-13,16H2,1-6H3,(H,30,34)(H,31,33). The van der Waals surface area contributed by atoms with E-state index in [0.29, 0.717) is 17.0 Å². The number of ether oxygens (including phenoxy) is 2. The highest BCUT2D eigenvalue weighted by Gasteiger charge is 2.28. The normalized spacial score (nSPS) is 15.4. The van der Waals surface area contributed by atoms with E-state index in [1.807, 2.05) is 52.8 Å². The van der Waals surface area contributed by atoms with Gasteiger partial charge in [-0.2, -0.15) is 0 Å². The van der Waals surface area contributed by atoms with Crippen molar-refractivity contribution in [1.82, 2.24) is 14.9 Å². The van der Waals surface area contributed by atoms with Gasteiger partial charge in [0.1, 0.15) is 5.75 Å². The fraction of sp³-hybridized carbons (Fsp3) is 0.517. The topological polar surface area (TPSA) is 85.4 Å². The number of carbonyl (C=O) groups excluding carboxylic acids is 1. The Morgan fingerprint density at radius 1 is 1.19 bits per heavy atom. The van der Waals surface area contributed by atoms with E-state index >= 15 is 0 Å². The van der Waals surface area contributed by atoms with Crippen LogP contribution in [0.4, 0.5) is 0 Å². The van der Waals surface area contributed by atoms with Crippen LogP contribution in [0.3, 0.4) is 0 Å². The van der Waals surface area contributed by atoms with Crippen LogP contribution in [0.5, 0.6) is 5.75 Å². The van der Waals surface area contributed by atoms with E-state index in [0.717, 1.165) is 66.1 Å². The monoisotopic (exact) mass is 493 g/mol. The van der Waals surface area contributed by atoms with Crippen LogP contribution in [-0.4, -0.2) is 34.8 Å². The molecule has 1 amide bonds. The molecule has 1 aliphatic heterocycles. The molecule has 0 bridgehead atoms. The van der Waals surface area contributed by atoms with E-state index in [-0.39, 0.29) is 30.2 Å². The van der Waals surface area contributed by atoms with Crippen LogP contribution in [0.1, 0.15) is 79.5 Å². The number of pyridine rings is 1. The minimum Gasteiger partial charge on any atom is -0.491 e. The number of hydrogen-bond donors (Lipinski definition) is 2. The van der Waals surface area contributed by atoms with Crippen LogP contribution in [0.15, 0.2) is 29.1 Å². The van der Waals surface area contributed by atoms with Crippen LogP contribution < -0.4 is 15.6 Å². The number of aromatic nitrogens is 2. The molecule has 2 aromatic heterocycles. The predicted molar refractivity (Wildman–Crippen MR) is 143 cm³/mol. The number of fused-ring (bicyclic) bond motifs is 1. The van der Waals surface area contributed by atoms with Gasteiger partial charge in [0.15, 0.2) is 0 Å². The quantitative estimate of drug-likeness (QED) is 0.451. The van der Waals surface area contributed by atoms with Crippen molar-refractivity contribution in [3.63, 3.8) is 0 Å². The fourth-order valence-electron chi connectivity index (χ4n) is 5.54. The lowest BCUT2D eigenvalue weighted by Crippen LogP contribution is -2.29. The maximum absolute atomic E-state index is 13.6. The molecule has 1 saturated heterocycles. The number of H-pyrrole nitrogens is 1. The van der Waals surface area contributed by atoms with E-state index in [4.69, 9.17) is 9.47 Å². The molecular formula is C29H39N3O4. The second-order valence-electron chi connectivity index (χ2n) is 10.2. The number of rotatable bonds is 8. The molecule has 7 nitrogen and oxygen atoms in total. The van der Waals surface area contributed by atoms with Gasteiger partial charge in [0, 0.05) is 54.2 Å². The van der Waals surface area contributed by atoms with Crippen molar-refractivity contribution >= 4 is 16.8 Å². The number of nitrogens with zero attached hydrogens (tertiary/aromatic N) is 1. The van der Waals surface area contributed by atoms with Crippen LogP contribution in [0, 0.1) is 19.8 Å². The first-order valence-electron chi connectivity index (χ1n) is 13.1. The molecule has 1 atom stereocenters. The third-order valence-electron chi connectivity index (χ3n) is 7.35. The maximum Gasteiger partial charge on any atom is 0.254 e. The highest BCUT2D eigenvalue weighted by atomic mass is 16.5. The van der Waals surface area contributed by atoms with Crippen LogP contribution in [-0.2, 0) is 17.7 Å². The molecule has 36 heavy (non-hydrogen) atoms. The maximum atomic E-state index is 13.6. The summed E-state index contributed by atoms with van der Waals surface area (Å²) in [6, 6.07) is 8.15. The Morgan fingerprint density at radius 3 is 2.58 bits per heavy atom.